The Hall–Kier alpha value is -1.75. The highest BCUT2D eigenvalue weighted by Crippen LogP contribution is 2.18. The van der Waals surface area contributed by atoms with Crippen LogP contribution < -0.4 is 5.76 Å². The van der Waals surface area contributed by atoms with Crippen molar-refractivity contribution in [2.24, 2.45) is 0 Å². The largest absolute Gasteiger partial charge is 0.444 e. The Morgan fingerprint density at radius 1 is 1.50 bits per heavy atom. The SMILES string of the molecule is CCCC(=O)OCn1c(=O)oc2cc(Cl)ccc21. The summed E-state index contributed by atoms with van der Waals surface area (Å²) in [4.78, 5) is 22.8. The average Bonchev–Trinajstić information content (AvgIpc) is 2.61. The molecule has 5 nitrogen and oxygen atoms in total. The molecule has 0 amide bonds. The number of hydrogen-bond donors (Lipinski definition) is 0. The van der Waals surface area contributed by atoms with Gasteiger partial charge >= 0.3 is 11.7 Å². The zero-order valence-electron chi connectivity index (χ0n) is 9.81. The van der Waals surface area contributed by atoms with Crippen molar-refractivity contribution in [3.8, 4) is 0 Å². The Kier molecular flexibility index (Phi) is 3.72. The van der Waals surface area contributed by atoms with E-state index in [9.17, 15) is 9.59 Å². The second-order valence-electron chi connectivity index (χ2n) is 3.80. The van der Waals surface area contributed by atoms with Gasteiger partial charge in [-0.05, 0) is 18.6 Å². The summed E-state index contributed by atoms with van der Waals surface area (Å²) in [7, 11) is 0. The molecule has 2 rings (SSSR count). The first-order valence-corrected chi connectivity index (χ1v) is 5.94. The molecule has 96 valence electrons. The molecule has 1 aromatic carbocycles. The highest BCUT2D eigenvalue weighted by Gasteiger charge is 2.11. The van der Waals surface area contributed by atoms with E-state index in [1.54, 1.807) is 18.2 Å². The minimum Gasteiger partial charge on any atom is -0.444 e. The molecule has 1 aromatic heterocycles. The lowest BCUT2D eigenvalue weighted by atomic mass is 10.3. The van der Waals surface area contributed by atoms with Crippen molar-refractivity contribution in [1.29, 1.82) is 0 Å². The molecule has 0 unspecified atom stereocenters. The first-order valence-electron chi connectivity index (χ1n) is 5.56. The van der Waals surface area contributed by atoms with Crippen molar-refractivity contribution in [1.82, 2.24) is 4.57 Å². The fourth-order valence-corrected chi connectivity index (χ4v) is 1.74. The lowest BCUT2D eigenvalue weighted by molar-refractivity contribution is -0.147. The van der Waals surface area contributed by atoms with Crippen LogP contribution in [0.2, 0.25) is 5.02 Å². The van der Waals surface area contributed by atoms with Crippen LogP contribution in [0, 0.1) is 0 Å². The van der Waals surface area contributed by atoms with Crippen molar-refractivity contribution in [3.05, 3.63) is 33.8 Å². The van der Waals surface area contributed by atoms with E-state index in [0.717, 1.165) is 0 Å². The van der Waals surface area contributed by atoms with Gasteiger partial charge in [-0.15, -0.1) is 0 Å². The average molecular weight is 270 g/mol. The molecule has 0 saturated carbocycles. The third kappa shape index (κ3) is 2.56. The van der Waals surface area contributed by atoms with E-state index in [0.29, 0.717) is 29.0 Å². The molecular formula is C12H12ClNO4. The van der Waals surface area contributed by atoms with Crippen LogP contribution in [-0.2, 0) is 16.3 Å². The van der Waals surface area contributed by atoms with Crippen LogP contribution in [-0.4, -0.2) is 10.5 Å². The van der Waals surface area contributed by atoms with Gasteiger partial charge in [0.05, 0.1) is 5.52 Å². The molecule has 1 heterocycles. The van der Waals surface area contributed by atoms with Crippen LogP contribution in [0.25, 0.3) is 11.1 Å². The number of oxazole rings is 1. The fraction of sp³-hybridized carbons (Fsp3) is 0.333. The molecule has 0 atom stereocenters. The fourth-order valence-electron chi connectivity index (χ4n) is 1.58. The van der Waals surface area contributed by atoms with Gasteiger partial charge in [-0.3, -0.25) is 4.79 Å². The maximum absolute atomic E-state index is 11.6. The summed E-state index contributed by atoms with van der Waals surface area (Å²) in [5.41, 5.74) is 0.924. The molecule has 0 spiro atoms. The third-order valence-corrected chi connectivity index (χ3v) is 2.67. The maximum Gasteiger partial charge on any atom is 0.422 e. The number of carbonyl (C=O) groups excluding carboxylic acids is 1. The Balaban J connectivity index is 2.25. The minimum atomic E-state index is -0.573. The normalized spacial score (nSPS) is 10.8. The van der Waals surface area contributed by atoms with Crippen LogP contribution in [0.15, 0.2) is 27.4 Å². The Labute approximate surface area is 108 Å². The molecule has 18 heavy (non-hydrogen) atoms. The zero-order chi connectivity index (χ0) is 13.1. The molecular weight excluding hydrogens is 258 g/mol. The molecule has 0 aliphatic rings. The second-order valence-corrected chi connectivity index (χ2v) is 4.24. The number of esters is 1. The second kappa shape index (κ2) is 5.27. The van der Waals surface area contributed by atoms with Gasteiger partial charge in [-0.1, -0.05) is 18.5 Å². The molecule has 0 saturated heterocycles. The summed E-state index contributed by atoms with van der Waals surface area (Å²) in [6.45, 7) is 1.73. The van der Waals surface area contributed by atoms with Crippen molar-refractivity contribution >= 4 is 28.7 Å². The topological polar surface area (TPSA) is 61.4 Å². The highest BCUT2D eigenvalue weighted by molar-refractivity contribution is 6.31. The Morgan fingerprint density at radius 3 is 3.00 bits per heavy atom. The van der Waals surface area contributed by atoms with Crippen LogP contribution in [0.4, 0.5) is 0 Å². The number of nitrogens with zero attached hydrogens (tertiary/aromatic N) is 1. The van der Waals surface area contributed by atoms with Gasteiger partial charge < -0.3 is 9.15 Å². The number of ether oxygens (including phenoxy) is 1. The van der Waals surface area contributed by atoms with Crippen LogP contribution in [0.5, 0.6) is 0 Å². The number of fused-ring (bicyclic) bond motifs is 1. The summed E-state index contributed by atoms with van der Waals surface area (Å²) < 4.78 is 11.2. The molecule has 6 heteroatoms. The van der Waals surface area contributed by atoms with E-state index < -0.39 is 5.76 Å². The molecule has 0 aliphatic heterocycles. The first kappa shape index (κ1) is 12.7. The molecule has 0 fully saturated rings. The van der Waals surface area contributed by atoms with Crippen LogP contribution in [0.3, 0.4) is 0 Å². The highest BCUT2D eigenvalue weighted by atomic mass is 35.5. The molecule has 0 bridgehead atoms. The molecule has 0 N–H and O–H groups in total. The number of benzene rings is 1. The number of carbonyl (C=O) groups is 1. The van der Waals surface area contributed by atoms with Crippen molar-refractivity contribution in [2.75, 3.05) is 0 Å². The first-order chi connectivity index (χ1) is 8.61. The summed E-state index contributed by atoms with van der Waals surface area (Å²) >= 11 is 5.79. The molecule has 0 radical (unpaired) electrons. The summed E-state index contributed by atoms with van der Waals surface area (Å²) in [5, 5.41) is 0.478. The number of aromatic nitrogens is 1. The number of rotatable bonds is 4. The number of halogens is 1. The number of hydrogen-bond acceptors (Lipinski definition) is 4. The van der Waals surface area contributed by atoms with Gasteiger partial charge in [0.25, 0.3) is 0 Å². The Morgan fingerprint density at radius 2 is 2.28 bits per heavy atom. The Bertz CT molecular complexity index is 629. The summed E-state index contributed by atoms with van der Waals surface area (Å²) in [6, 6.07) is 4.84. The standard InChI is InChI=1S/C12H12ClNO4/c1-2-3-11(15)17-7-14-9-5-4-8(13)6-10(9)18-12(14)16/h4-6H,2-3,7H2,1H3. The predicted octanol–water partition coefficient (Wildman–Crippen LogP) is 2.55. The summed E-state index contributed by atoms with van der Waals surface area (Å²) in [6.07, 6.45) is 1.03. The van der Waals surface area contributed by atoms with Crippen molar-refractivity contribution in [2.45, 2.75) is 26.5 Å². The minimum absolute atomic E-state index is 0.147. The zero-order valence-corrected chi connectivity index (χ0v) is 10.6. The monoisotopic (exact) mass is 269 g/mol. The van der Waals surface area contributed by atoms with E-state index in [1.807, 2.05) is 6.92 Å². The molecule has 0 aliphatic carbocycles. The molecule has 2 aromatic rings. The van der Waals surface area contributed by atoms with Gasteiger partial charge in [-0.25, -0.2) is 9.36 Å². The smallest absolute Gasteiger partial charge is 0.422 e. The lowest BCUT2D eigenvalue weighted by Gasteiger charge is -2.04. The third-order valence-electron chi connectivity index (χ3n) is 2.44. The lowest BCUT2D eigenvalue weighted by Crippen LogP contribution is -2.18. The van der Waals surface area contributed by atoms with Crippen molar-refractivity contribution in [3.63, 3.8) is 0 Å². The van der Waals surface area contributed by atoms with Crippen LogP contribution >= 0.6 is 11.6 Å². The van der Waals surface area contributed by atoms with Crippen molar-refractivity contribution < 1.29 is 13.9 Å². The summed E-state index contributed by atoms with van der Waals surface area (Å²) in [5.74, 6) is -0.913. The maximum atomic E-state index is 11.6. The van der Waals surface area contributed by atoms with Gasteiger partial charge in [0.2, 0.25) is 0 Å². The van der Waals surface area contributed by atoms with Gasteiger partial charge in [-0.2, -0.15) is 0 Å². The predicted molar refractivity (Wildman–Crippen MR) is 66.5 cm³/mol. The van der Waals surface area contributed by atoms with Gasteiger partial charge in [0.1, 0.15) is 0 Å². The quantitative estimate of drug-likeness (QED) is 0.800. The van der Waals surface area contributed by atoms with E-state index >= 15 is 0 Å². The van der Waals surface area contributed by atoms with E-state index in [1.165, 1.54) is 4.57 Å². The van der Waals surface area contributed by atoms with Crippen LogP contribution in [0.1, 0.15) is 19.8 Å². The van der Waals surface area contributed by atoms with Gasteiger partial charge in [0.15, 0.2) is 12.3 Å². The van der Waals surface area contributed by atoms with E-state index in [-0.39, 0.29) is 12.7 Å². The van der Waals surface area contributed by atoms with Gasteiger partial charge in [0, 0.05) is 17.5 Å². The van der Waals surface area contributed by atoms with E-state index in [4.69, 9.17) is 20.8 Å². The van der Waals surface area contributed by atoms with E-state index in [2.05, 4.69) is 0 Å².